The summed E-state index contributed by atoms with van der Waals surface area (Å²) in [4.78, 5) is 0. The molecule has 2 N–H and O–H groups in total. The number of nitrogen functional groups attached to an aromatic ring is 1. The Morgan fingerprint density at radius 2 is 2.11 bits per heavy atom. The number of nitriles is 1. The first-order chi connectivity index (χ1) is 9.11. The highest BCUT2D eigenvalue weighted by molar-refractivity contribution is 9.10. The molecule has 2 aromatic carbocycles. The average molecular weight is 321 g/mol. The van der Waals surface area contributed by atoms with Gasteiger partial charge in [0.15, 0.2) is 0 Å². The lowest BCUT2D eigenvalue weighted by Crippen LogP contribution is -2.01. The Balaban J connectivity index is 2.15. The van der Waals surface area contributed by atoms with E-state index in [1.54, 1.807) is 18.2 Å². The molecule has 0 saturated carbocycles. The van der Waals surface area contributed by atoms with E-state index in [0.29, 0.717) is 11.4 Å². The Labute approximate surface area is 118 Å². The number of anilines is 1. The van der Waals surface area contributed by atoms with Gasteiger partial charge in [0.1, 0.15) is 24.2 Å². The van der Waals surface area contributed by atoms with Gasteiger partial charge >= 0.3 is 0 Å². The number of ether oxygens (including phenoxy) is 1. The third kappa shape index (κ3) is 3.04. The predicted octanol–water partition coefficient (Wildman–Crippen LogP) is 3.62. The molecule has 0 saturated heterocycles. The highest BCUT2D eigenvalue weighted by Gasteiger charge is 2.07. The Bertz CT molecular complexity index is 632. The van der Waals surface area contributed by atoms with Gasteiger partial charge in [0.05, 0.1) is 5.56 Å². The van der Waals surface area contributed by atoms with Gasteiger partial charge in [-0.2, -0.15) is 5.26 Å². The third-order valence-corrected chi connectivity index (χ3v) is 3.34. The highest BCUT2D eigenvalue weighted by atomic mass is 79.9. The van der Waals surface area contributed by atoms with Crippen molar-refractivity contribution < 1.29 is 9.13 Å². The molecule has 0 amide bonds. The number of benzene rings is 2. The molecule has 0 unspecified atom stereocenters. The van der Waals surface area contributed by atoms with Crippen molar-refractivity contribution in [2.24, 2.45) is 0 Å². The van der Waals surface area contributed by atoms with Gasteiger partial charge in [-0.3, -0.25) is 0 Å². The molecule has 0 bridgehead atoms. The lowest BCUT2D eigenvalue weighted by atomic mass is 10.2. The van der Waals surface area contributed by atoms with Crippen LogP contribution in [0.5, 0.6) is 5.75 Å². The molecular weight excluding hydrogens is 311 g/mol. The second kappa shape index (κ2) is 5.72. The molecule has 96 valence electrons. The van der Waals surface area contributed by atoms with Gasteiger partial charge in [0.2, 0.25) is 0 Å². The van der Waals surface area contributed by atoms with Crippen LogP contribution >= 0.6 is 15.9 Å². The second-order valence-electron chi connectivity index (χ2n) is 3.85. The van der Waals surface area contributed by atoms with Crippen LogP contribution in [0, 0.1) is 17.1 Å². The SMILES string of the molecule is N#Cc1ccc(OCc2c(N)cccc2Br)cc1F. The first-order valence-corrected chi connectivity index (χ1v) is 6.26. The molecule has 19 heavy (non-hydrogen) atoms. The van der Waals surface area contributed by atoms with Crippen LogP contribution < -0.4 is 10.5 Å². The van der Waals surface area contributed by atoms with Gasteiger partial charge in [0, 0.05) is 21.8 Å². The Morgan fingerprint density at radius 3 is 2.74 bits per heavy atom. The fourth-order valence-corrected chi connectivity index (χ4v) is 2.06. The van der Waals surface area contributed by atoms with Crippen LogP contribution in [0.2, 0.25) is 0 Å². The van der Waals surface area contributed by atoms with Crippen molar-refractivity contribution in [2.45, 2.75) is 6.61 Å². The van der Waals surface area contributed by atoms with E-state index >= 15 is 0 Å². The smallest absolute Gasteiger partial charge is 0.144 e. The van der Waals surface area contributed by atoms with Gasteiger partial charge < -0.3 is 10.5 Å². The first kappa shape index (κ1) is 13.4. The van der Waals surface area contributed by atoms with E-state index in [9.17, 15) is 4.39 Å². The summed E-state index contributed by atoms with van der Waals surface area (Å²) in [5.41, 5.74) is 7.23. The van der Waals surface area contributed by atoms with Crippen LogP contribution in [0.4, 0.5) is 10.1 Å². The minimum atomic E-state index is -0.597. The average Bonchev–Trinajstić information content (AvgIpc) is 2.38. The lowest BCUT2D eigenvalue weighted by Gasteiger charge is -2.10. The van der Waals surface area contributed by atoms with Crippen molar-refractivity contribution in [3.05, 3.63) is 57.8 Å². The van der Waals surface area contributed by atoms with Crippen molar-refractivity contribution in [2.75, 3.05) is 5.73 Å². The molecule has 0 atom stereocenters. The van der Waals surface area contributed by atoms with Crippen molar-refractivity contribution in [3.63, 3.8) is 0 Å². The van der Waals surface area contributed by atoms with Gasteiger partial charge in [0.25, 0.3) is 0 Å². The molecular formula is C14H10BrFN2O. The summed E-state index contributed by atoms with van der Waals surface area (Å²) in [5, 5.41) is 8.64. The fourth-order valence-electron chi connectivity index (χ4n) is 1.56. The maximum Gasteiger partial charge on any atom is 0.144 e. The number of nitrogens with two attached hydrogens (primary N) is 1. The van der Waals surface area contributed by atoms with E-state index in [4.69, 9.17) is 15.7 Å². The Hall–Kier alpha value is -2.06. The van der Waals surface area contributed by atoms with E-state index in [1.807, 2.05) is 12.1 Å². The summed E-state index contributed by atoms with van der Waals surface area (Å²) in [6.07, 6.45) is 0. The molecule has 0 radical (unpaired) electrons. The van der Waals surface area contributed by atoms with Gasteiger partial charge in [-0.25, -0.2) is 4.39 Å². The van der Waals surface area contributed by atoms with Crippen molar-refractivity contribution >= 4 is 21.6 Å². The zero-order chi connectivity index (χ0) is 13.8. The molecule has 3 nitrogen and oxygen atoms in total. The van der Waals surface area contributed by atoms with E-state index in [2.05, 4.69) is 15.9 Å². The summed E-state index contributed by atoms with van der Waals surface area (Å²) in [6, 6.07) is 11.3. The summed E-state index contributed by atoms with van der Waals surface area (Å²) in [6.45, 7) is 0.221. The summed E-state index contributed by atoms with van der Waals surface area (Å²) >= 11 is 3.38. The standard InChI is InChI=1S/C14H10BrFN2O/c15-12-2-1-3-14(18)11(12)8-19-10-5-4-9(7-17)13(16)6-10/h1-6H,8,18H2. The molecule has 0 fully saturated rings. The number of rotatable bonds is 3. The van der Waals surface area contributed by atoms with Gasteiger partial charge in [-0.15, -0.1) is 0 Å². The van der Waals surface area contributed by atoms with Crippen molar-refractivity contribution in [1.82, 2.24) is 0 Å². The molecule has 0 aliphatic rings. The zero-order valence-electron chi connectivity index (χ0n) is 9.86. The van der Waals surface area contributed by atoms with E-state index in [0.717, 1.165) is 10.0 Å². The minimum Gasteiger partial charge on any atom is -0.489 e. The molecule has 0 aromatic heterocycles. The highest BCUT2D eigenvalue weighted by Crippen LogP contribution is 2.25. The first-order valence-electron chi connectivity index (χ1n) is 5.47. The van der Waals surface area contributed by atoms with Gasteiger partial charge in [-0.05, 0) is 24.3 Å². The van der Waals surface area contributed by atoms with Crippen molar-refractivity contribution in [1.29, 1.82) is 5.26 Å². The maximum absolute atomic E-state index is 13.4. The maximum atomic E-state index is 13.4. The van der Waals surface area contributed by atoms with E-state index in [-0.39, 0.29) is 12.2 Å². The predicted molar refractivity (Wildman–Crippen MR) is 74.0 cm³/mol. The fraction of sp³-hybridized carbons (Fsp3) is 0.0714. The zero-order valence-corrected chi connectivity index (χ0v) is 11.4. The summed E-state index contributed by atoms with van der Waals surface area (Å²) < 4.78 is 19.7. The molecule has 5 heteroatoms. The summed E-state index contributed by atoms with van der Waals surface area (Å²) in [7, 11) is 0. The topological polar surface area (TPSA) is 59.0 Å². The summed E-state index contributed by atoms with van der Waals surface area (Å²) in [5.74, 6) is -0.244. The van der Waals surface area contributed by atoms with Crippen LogP contribution in [0.25, 0.3) is 0 Å². The number of nitrogens with zero attached hydrogens (tertiary/aromatic N) is 1. The monoisotopic (exact) mass is 320 g/mol. The normalized spacial score (nSPS) is 9.95. The molecule has 0 aliphatic carbocycles. The third-order valence-electron chi connectivity index (χ3n) is 2.60. The Morgan fingerprint density at radius 1 is 1.32 bits per heavy atom. The van der Waals surface area contributed by atoms with Crippen LogP contribution in [0.1, 0.15) is 11.1 Å². The van der Waals surface area contributed by atoms with Crippen LogP contribution in [-0.2, 0) is 6.61 Å². The van der Waals surface area contributed by atoms with Crippen LogP contribution in [-0.4, -0.2) is 0 Å². The second-order valence-corrected chi connectivity index (χ2v) is 4.70. The van der Waals surface area contributed by atoms with E-state index in [1.165, 1.54) is 12.1 Å². The number of hydrogen-bond acceptors (Lipinski definition) is 3. The van der Waals surface area contributed by atoms with Crippen LogP contribution in [0.15, 0.2) is 40.9 Å². The lowest BCUT2D eigenvalue weighted by molar-refractivity contribution is 0.304. The van der Waals surface area contributed by atoms with Gasteiger partial charge in [-0.1, -0.05) is 22.0 Å². The largest absolute Gasteiger partial charge is 0.489 e. The molecule has 0 spiro atoms. The van der Waals surface area contributed by atoms with E-state index < -0.39 is 5.82 Å². The molecule has 0 heterocycles. The molecule has 0 aliphatic heterocycles. The molecule has 2 rings (SSSR count). The molecule has 2 aromatic rings. The quantitative estimate of drug-likeness (QED) is 0.879. The minimum absolute atomic E-state index is 0.00671. The number of hydrogen-bond donors (Lipinski definition) is 1. The van der Waals surface area contributed by atoms with Crippen molar-refractivity contribution in [3.8, 4) is 11.8 Å². The van der Waals surface area contributed by atoms with Crippen LogP contribution in [0.3, 0.4) is 0 Å². The number of halogens is 2. The Kier molecular flexibility index (Phi) is 4.03.